The largest absolute Gasteiger partial charge is 0.480 e. The molecule has 3 aliphatic heterocycles. The van der Waals surface area contributed by atoms with Crippen LogP contribution in [0.4, 0.5) is 10.5 Å². The fourth-order valence-electron chi connectivity index (χ4n) is 4.84. The number of urea groups is 1. The highest BCUT2D eigenvalue weighted by molar-refractivity contribution is 8.01. The molecule has 11 heteroatoms. The number of halogens is 2. The number of nitrogens with zero attached hydrogens (tertiary/aromatic N) is 3. The molecule has 3 saturated heterocycles. The Kier molecular flexibility index (Phi) is 5.10. The highest BCUT2D eigenvalue weighted by atomic mass is 35.5. The van der Waals surface area contributed by atoms with Crippen molar-refractivity contribution in [2.24, 2.45) is 0 Å². The van der Waals surface area contributed by atoms with Gasteiger partial charge in [0.05, 0.1) is 28.7 Å². The lowest BCUT2D eigenvalue weighted by Crippen LogP contribution is -2.49. The molecule has 0 unspecified atom stereocenters. The van der Waals surface area contributed by atoms with Crippen molar-refractivity contribution in [3.63, 3.8) is 0 Å². The van der Waals surface area contributed by atoms with E-state index in [1.165, 1.54) is 34.9 Å². The number of aliphatic carboxylic acids is 1. The lowest BCUT2D eigenvalue weighted by atomic mass is 9.85. The standard InChI is InChI=1S/C22H16Cl2N4O4S/c23-14-5-15(24)7-16(6-14)28-19(31)22(13-3-1-12(8-25)2-4-13)10-21(11-27(22)20(28)32)26-17(9-33-21)18(29)30/h1-7,17,26H,9-11H2,(H,29,30)/t17-,21-,22+/m1/s1. The molecule has 0 aliphatic carbocycles. The molecule has 3 fully saturated rings. The number of rotatable bonds is 3. The third kappa shape index (κ3) is 3.28. The van der Waals surface area contributed by atoms with Crippen LogP contribution in [0.25, 0.3) is 0 Å². The number of imide groups is 1. The summed E-state index contributed by atoms with van der Waals surface area (Å²) in [6, 6.07) is 11.8. The maximum absolute atomic E-state index is 14.0. The van der Waals surface area contributed by atoms with Gasteiger partial charge in [-0.05, 0) is 35.9 Å². The van der Waals surface area contributed by atoms with Crippen molar-refractivity contribution in [2.75, 3.05) is 17.2 Å². The molecule has 1 spiro atoms. The zero-order valence-corrected chi connectivity index (χ0v) is 19.2. The Balaban J connectivity index is 1.63. The van der Waals surface area contributed by atoms with Gasteiger partial charge in [-0.15, -0.1) is 11.8 Å². The van der Waals surface area contributed by atoms with Crippen LogP contribution >= 0.6 is 35.0 Å². The summed E-state index contributed by atoms with van der Waals surface area (Å²) in [5.41, 5.74) is -0.139. The SMILES string of the molecule is N#Cc1ccc([C@]23C[C@@]4(CN2C(=O)N(c2cc(Cl)cc(Cl)c2)C3=O)N[C@@H](C(=O)O)CS4)cc1. The number of hydrogen-bond donors (Lipinski definition) is 2. The highest BCUT2D eigenvalue weighted by Gasteiger charge is 2.68. The molecule has 5 rings (SSSR count). The van der Waals surface area contributed by atoms with E-state index < -0.39 is 34.4 Å². The second kappa shape index (κ2) is 7.64. The van der Waals surface area contributed by atoms with Gasteiger partial charge in [-0.1, -0.05) is 35.3 Å². The van der Waals surface area contributed by atoms with Crippen molar-refractivity contribution in [1.29, 1.82) is 5.26 Å². The molecular weight excluding hydrogens is 487 g/mol. The number of carbonyl (C=O) groups excluding carboxylic acids is 2. The number of carboxylic acids is 1. The quantitative estimate of drug-likeness (QED) is 0.617. The molecule has 2 aromatic carbocycles. The Morgan fingerprint density at radius 1 is 1.18 bits per heavy atom. The predicted molar refractivity (Wildman–Crippen MR) is 123 cm³/mol. The first kappa shape index (κ1) is 22.0. The molecule has 3 atom stereocenters. The van der Waals surface area contributed by atoms with Crippen molar-refractivity contribution >= 4 is 58.6 Å². The number of nitrogens with one attached hydrogen (secondary N) is 1. The first-order valence-corrected chi connectivity index (χ1v) is 11.7. The molecule has 3 amide bonds. The summed E-state index contributed by atoms with van der Waals surface area (Å²) in [6.45, 7) is 0.136. The van der Waals surface area contributed by atoms with E-state index in [9.17, 15) is 24.8 Å². The average Bonchev–Trinajstić information content (AvgIpc) is 3.40. The van der Waals surface area contributed by atoms with E-state index in [1.807, 2.05) is 6.07 Å². The normalized spacial score (nSPS) is 28.5. The van der Waals surface area contributed by atoms with Crippen LogP contribution < -0.4 is 10.2 Å². The van der Waals surface area contributed by atoms with E-state index in [-0.39, 0.29) is 28.7 Å². The van der Waals surface area contributed by atoms with Gasteiger partial charge in [0.1, 0.15) is 6.04 Å². The van der Waals surface area contributed by atoms with Gasteiger partial charge >= 0.3 is 12.0 Å². The van der Waals surface area contributed by atoms with Gasteiger partial charge in [0.25, 0.3) is 5.91 Å². The lowest BCUT2D eigenvalue weighted by Gasteiger charge is -2.29. The van der Waals surface area contributed by atoms with Crippen molar-refractivity contribution in [2.45, 2.75) is 22.9 Å². The van der Waals surface area contributed by atoms with Crippen LogP contribution in [0.3, 0.4) is 0 Å². The minimum atomic E-state index is -1.37. The minimum absolute atomic E-state index is 0.136. The average molecular weight is 503 g/mol. The summed E-state index contributed by atoms with van der Waals surface area (Å²) >= 11 is 13.7. The first-order chi connectivity index (χ1) is 15.7. The number of nitriles is 1. The molecule has 3 aliphatic rings. The monoisotopic (exact) mass is 502 g/mol. The number of thioether (sulfide) groups is 1. The Morgan fingerprint density at radius 2 is 1.85 bits per heavy atom. The van der Waals surface area contributed by atoms with Crippen LogP contribution in [0.5, 0.6) is 0 Å². The van der Waals surface area contributed by atoms with Crippen molar-refractivity contribution in [3.05, 3.63) is 63.6 Å². The molecular formula is C22H16Cl2N4O4S. The maximum Gasteiger partial charge on any atom is 0.332 e. The second-order valence-electron chi connectivity index (χ2n) is 8.20. The molecule has 33 heavy (non-hydrogen) atoms. The molecule has 2 aromatic rings. The zero-order chi connectivity index (χ0) is 23.5. The Hall–Kier alpha value is -2.77. The summed E-state index contributed by atoms with van der Waals surface area (Å²) in [5, 5.41) is 22.3. The lowest BCUT2D eigenvalue weighted by molar-refractivity contribution is -0.138. The van der Waals surface area contributed by atoms with E-state index in [1.54, 1.807) is 24.3 Å². The molecule has 0 radical (unpaired) electrons. The van der Waals surface area contributed by atoms with E-state index in [2.05, 4.69) is 5.32 Å². The zero-order valence-electron chi connectivity index (χ0n) is 16.9. The van der Waals surface area contributed by atoms with E-state index >= 15 is 0 Å². The number of carboxylic acid groups (broad SMARTS) is 1. The van der Waals surface area contributed by atoms with Crippen LogP contribution in [0.2, 0.25) is 10.0 Å². The molecule has 0 aromatic heterocycles. The summed E-state index contributed by atoms with van der Waals surface area (Å²) in [7, 11) is 0. The summed E-state index contributed by atoms with van der Waals surface area (Å²) in [5.74, 6) is -1.14. The fourth-order valence-corrected chi connectivity index (χ4v) is 6.82. The van der Waals surface area contributed by atoms with E-state index in [4.69, 9.17) is 23.2 Å². The second-order valence-corrected chi connectivity index (χ2v) is 10.5. The number of anilines is 1. The van der Waals surface area contributed by atoms with Gasteiger partial charge in [0, 0.05) is 22.2 Å². The molecule has 8 nitrogen and oxygen atoms in total. The van der Waals surface area contributed by atoms with Crippen LogP contribution in [0, 0.1) is 11.3 Å². The predicted octanol–water partition coefficient (Wildman–Crippen LogP) is 3.42. The summed E-state index contributed by atoms with van der Waals surface area (Å²) in [6.07, 6.45) is 0.176. The summed E-state index contributed by atoms with van der Waals surface area (Å²) < 4.78 is 0. The Labute approximate surface area is 203 Å². The van der Waals surface area contributed by atoms with Crippen LogP contribution in [0.15, 0.2) is 42.5 Å². The van der Waals surface area contributed by atoms with Gasteiger partial charge in [-0.3, -0.25) is 14.9 Å². The maximum atomic E-state index is 14.0. The van der Waals surface area contributed by atoms with E-state index in [0.717, 1.165) is 4.90 Å². The number of carbonyl (C=O) groups is 3. The third-order valence-electron chi connectivity index (χ3n) is 6.25. The van der Waals surface area contributed by atoms with Crippen molar-refractivity contribution in [3.8, 4) is 6.07 Å². The van der Waals surface area contributed by atoms with Gasteiger partial charge in [0.15, 0.2) is 5.54 Å². The van der Waals surface area contributed by atoms with Gasteiger partial charge in [-0.2, -0.15) is 5.26 Å². The first-order valence-electron chi connectivity index (χ1n) is 9.96. The Morgan fingerprint density at radius 3 is 2.42 bits per heavy atom. The number of benzene rings is 2. The van der Waals surface area contributed by atoms with Gasteiger partial charge in [0.2, 0.25) is 0 Å². The van der Waals surface area contributed by atoms with Crippen molar-refractivity contribution in [1.82, 2.24) is 10.2 Å². The van der Waals surface area contributed by atoms with Crippen LogP contribution in [-0.4, -0.2) is 51.1 Å². The Bertz CT molecular complexity index is 1230. The molecule has 3 heterocycles. The number of amides is 3. The highest BCUT2D eigenvalue weighted by Crippen LogP contribution is 2.55. The minimum Gasteiger partial charge on any atom is -0.480 e. The van der Waals surface area contributed by atoms with Gasteiger partial charge in [-0.25, -0.2) is 9.69 Å². The van der Waals surface area contributed by atoms with E-state index in [0.29, 0.717) is 16.9 Å². The number of hydrogen-bond acceptors (Lipinski definition) is 6. The molecule has 0 bridgehead atoms. The molecule has 168 valence electrons. The van der Waals surface area contributed by atoms with Crippen LogP contribution in [-0.2, 0) is 15.1 Å². The number of fused-ring (bicyclic) bond motifs is 1. The third-order valence-corrected chi connectivity index (χ3v) is 8.13. The molecule has 0 saturated carbocycles. The summed E-state index contributed by atoms with van der Waals surface area (Å²) in [4.78, 5) is 40.9. The fraction of sp³-hybridized carbons (Fsp3) is 0.273. The smallest absolute Gasteiger partial charge is 0.332 e. The van der Waals surface area contributed by atoms with Gasteiger partial charge < -0.3 is 10.0 Å². The van der Waals surface area contributed by atoms with Crippen LogP contribution in [0.1, 0.15) is 17.5 Å². The topological polar surface area (TPSA) is 114 Å². The molecule has 2 N–H and O–H groups in total. The van der Waals surface area contributed by atoms with Crippen molar-refractivity contribution < 1.29 is 19.5 Å².